The molecule has 2 aromatic carbocycles. The second-order valence-corrected chi connectivity index (χ2v) is 8.66. The van der Waals surface area contributed by atoms with E-state index < -0.39 is 6.03 Å². The molecule has 0 saturated heterocycles. The third kappa shape index (κ3) is 7.51. The minimum Gasteiger partial charge on any atom is -0.497 e. The molecule has 2 heterocycles. The molecule has 3 amide bonds. The number of hydrogen-bond donors (Lipinski definition) is 1. The van der Waals surface area contributed by atoms with Gasteiger partial charge >= 0.3 is 6.03 Å². The summed E-state index contributed by atoms with van der Waals surface area (Å²) in [4.78, 5) is 30.0. The molecule has 0 aliphatic rings. The van der Waals surface area contributed by atoms with Gasteiger partial charge in [0.25, 0.3) is 0 Å². The fourth-order valence-electron chi connectivity index (χ4n) is 3.89. The molecular weight excluding hydrogens is 470 g/mol. The standard InChI is InChI=1S/C29H31N3O5/c1-22-10-13-27(37-22)20-31(17-16-23-7-4-3-5-8-23)28(33)21-32(19-26-9-6-18-36-26)29(34)30-24-11-14-25(35-2)15-12-24/h3-15,18H,16-17,19-21H2,1-2H3,(H,30,34). The lowest BCUT2D eigenvalue weighted by atomic mass is 10.1. The van der Waals surface area contributed by atoms with Gasteiger partial charge in [0.15, 0.2) is 0 Å². The number of hydrogen-bond acceptors (Lipinski definition) is 5. The first-order chi connectivity index (χ1) is 18.0. The Hall–Kier alpha value is -4.46. The zero-order valence-corrected chi connectivity index (χ0v) is 21.1. The lowest BCUT2D eigenvalue weighted by molar-refractivity contribution is -0.132. The maximum atomic E-state index is 13.6. The summed E-state index contributed by atoms with van der Waals surface area (Å²) in [6.07, 6.45) is 2.23. The molecule has 0 fully saturated rings. The maximum Gasteiger partial charge on any atom is 0.322 e. The lowest BCUT2D eigenvalue weighted by Gasteiger charge is -2.27. The Kier molecular flexibility index (Phi) is 8.65. The van der Waals surface area contributed by atoms with Crippen molar-refractivity contribution in [3.8, 4) is 5.75 Å². The molecule has 8 heteroatoms. The van der Waals surface area contributed by atoms with E-state index in [1.54, 1.807) is 54.7 Å². The molecule has 2 aromatic heterocycles. The number of benzene rings is 2. The maximum absolute atomic E-state index is 13.6. The topological polar surface area (TPSA) is 88.2 Å². The molecule has 0 atom stereocenters. The Balaban J connectivity index is 1.49. The van der Waals surface area contributed by atoms with Gasteiger partial charge in [-0.25, -0.2) is 4.79 Å². The van der Waals surface area contributed by atoms with Gasteiger partial charge in [-0.1, -0.05) is 30.3 Å². The van der Waals surface area contributed by atoms with E-state index in [-0.39, 0.29) is 19.0 Å². The van der Waals surface area contributed by atoms with E-state index in [0.29, 0.717) is 42.5 Å². The van der Waals surface area contributed by atoms with Gasteiger partial charge in [-0.3, -0.25) is 4.79 Å². The van der Waals surface area contributed by atoms with Crippen LogP contribution in [0, 0.1) is 6.92 Å². The summed E-state index contributed by atoms with van der Waals surface area (Å²) in [6, 6.07) is 23.9. The molecule has 4 aromatic rings. The van der Waals surface area contributed by atoms with Crippen LogP contribution in [0.5, 0.6) is 5.75 Å². The molecule has 0 aliphatic carbocycles. The van der Waals surface area contributed by atoms with Crippen LogP contribution in [0.3, 0.4) is 0 Å². The van der Waals surface area contributed by atoms with Crippen molar-refractivity contribution in [1.29, 1.82) is 0 Å². The largest absolute Gasteiger partial charge is 0.497 e. The van der Waals surface area contributed by atoms with Crippen LogP contribution in [0.25, 0.3) is 0 Å². The first-order valence-electron chi connectivity index (χ1n) is 12.1. The lowest BCUT2D eigenvalue weighted by Crippen LogP contribution is -2.44. The van der Waals surface area contributed by atoms with Crippen LogP contribution in [0.4, 0.5) is 10.5 Å². The predicted octanol–water partition coefficient (Wildman–Crippen LogP) is 5.50. The summed E-state index contributed by atoms with van der Waals surface area (Å²) in [5, 5.41) is 2.86. The number of nitrogens with one attached hydrogen (secondary N) is 1. The van der Waals surface area contributed by atoms with Crippen LogP contribution >= 0.6 is 0 Å². The van der Waals surface area contributed by atoms with E-state index in [4.69, 9.17) is 13.6 Å². The van der Waals surface area contributed by atoms with Crippen LogP contribution in [0.1, 0.15) is 22.8 Å². The molecule has 0 unspecified atom stereocenters. The van der Waals surface area contributed by atoms with E-state index in [1.165, 1.54) is 4.90 Å². The summed E-state index contributed by atoms with van der Waals surface area (Å²) < 4.78 is 16.4. The van der Waals surface area contributed by atoms with Crippen LogP contribution < -0.4 is 10.1 Å². The molecule has 0 bridgehead atoms. The summed E-state index contributed by atoms with van der Waals surface area (Å²) >= 11 is 0. The van der Waals surface area contributed by atoms with Gasteiger partial charge in [0.1, 0.15) is 29.6 Å². The van der Waals surface area contributed by atoms with Crippen molar-refractivity contribution >= 4 is 17.6 Å². The van der Waals surface area contributed by atoms with E-state index >= 15 is 0 Å². The Morgan fingerprint density at radius 3 is 2.27 bits per heavy atom. The molecule has 0 radical (unpaired) electrons. The highest BCUT2D eigenvalue weighted by Gasteiger charge is 2.23. The van der Waals surface area contributed by atoms with Crippen molar-refractivity contribution in [3.05, 3.63) is 108 Å². The number of furan rings is 2. The summed E-state index contributed by atoms with van der Waals surface area (Å²) in [5.41, 5.74) is 1.72. The van der Waals surface area contributed by atoms with E-state index in [2.05, 4.69) is 5.32 Å². The first-order valence-corrected chi connectivity index (χ1v) is 12.1. The second kappa shape index (κ2) is 12.5. The van der Waals surface area contributed by atoms with E-state index in [9.17, 15) is 9.59 Å². The summed E-state index contributed by atoms with van der Waals surface area (Å²) in [7, 11) is 1.58. The van der Waals surface area contributed by atoms with Crippen molar-refractivity contribution in [1.82, 2.24) is 9.80 Å². The fourth-order valence-corrected chi connectivity index (χ4v) is 3.89. The SMILES string of the molecule is COc1ccc(NC(=O)N(CC(=O)N(CCc2ccccc2)Cc2ccc(C)o2)Cc2ccco2)cc1. The molecular formula is C29H31N3O5. The van der Waals surface area contributed by atoms with Crippen molar-refractivity contribution in [2.45, 2.75) is 26.4 Å². The number of anilines is 1. The highest BCUT2D eigenvalue weighted by atomic mass is 16.5. The van der Waals surface area contributed by atoms with Crippen LogP contribution in [-0.4, -0.2) is 41.9 Å². The average molecular weight is 502 g/mol. The molecule has 1 N–H and O–H groups in total. The monoisotopic (exact) mass is 501 g/mol. The number of carbonyl (C=O) groups is 2. The summed E-state index contributed by atoms with van der Waals surface area (Å²) in [6.45, 7) is 2.68. The average Bonchev–Trinajstić information content (AvgIpc) is 3.58. The van der Waals surface area contributed by atoms with Gasteiger partial charge in [-0.05, 0) is 67.4 Å². The van der Waals surface area contributed by atoms with Crippen LogP contribution in [0.2, 0.25) is 0 Å². The minimum absolute atomic E-state index is 0.128. The molecule has 37 heavy (non-hydrogen) atoms. The molecule has 0 saturated carbocycles. The first kappa shape index (κ1) is 25.6. The Morgan fingerprint density at radius 2 is 1.62 bits per heavy atom. The summed E-state index contributed by atoms with van der Waals surface area (Å²) in [5.74, 6) is 2.54. The number of carbonyl (C=O) groups excluding carboxylic acids is 2. The number of methoxy groups -OCH3 is 1. The van der Waals surface area contributed by atoms with Gasteiger partial charge in [-0.15, -0.1) is 0 Å². The van der Waals surface area contributed by atoms with Gasteiger partial charge in [0.05, 0.1) is 26.5 Å². The van der Waals surface area contributed by atoms with Crippen LogP contribution in [0.15, 0.2) is 94.0 Å². The quantitative estimate of drug-likeness (QED) is 0.293. The highest BCUT2D eigenvalue weighted by molar-refractivity contribution is 5.92. The molecule has 4 rings (SSSR count). The molecule has 0 spiro atoms. The minimum atomic E-state index is -0.410. The predicted molar refractivity (Wildman–Crippen MR) is 140 cm³/mol. The fraction of sp³-hybridized carbons (Fsp3) is 0.241. The number of ether oxygens (including phenoxy) is 1. The van der Waals surface area contributed by atoms with Gasteiger partial charge in [-0.2, -0.15) is 0 Å². The number of urea groups is 1. The Morgan fingerprint density at radius 1 is 0.865 bits per heavy atom. The van der Waals surface area contributed by atoms with Gasteiger partial charge in [0.2, 0.25) is 5.91 Å². The number of amides is 3. The van der Waals surface area contributed by atoms with Crippen molar-refractivity contribution in [2.75, 3.05) is 25.5 Å². The zero-order chi connectivity index (χ0) is 26.0. The normalized spacial score (nSPS) is 10.6. The van der Waals surface area contributed by atoms with Crippen LogP contribution in [-0.2, 0) is 24.3 Å². The van der Waals surface area contributed by atoms with Crippen molar-refractivity contribution in [3.63, 3.8) is 0 Å². The van der Waals surface area contributed by atoms with E-state index in [1.807, 2.05) is 49.4 Å². The second-order valence-electron chi connectivity index (χ2n) is 8.66. The van der Waals surface area contributed by atoms with Crippen molar-refractivity contribution in [2.24, 2.45) is 0 Å². The molecule has 8 nitrogen and oxygen atoms in total. The Bertz CT molecular complexity index is 1270. The van der Waals surface area contributed by atoms with Crippen molar-refractivity contribution < 1.29 is 23.2 Å². The smallest absolute Gasteiger partial charge is 0.322 e. The van der Waals surface area contributed by atoms with Gasteiger partial charge in [0, 0.05) is 12.2 Å². The zero-order valence-electron chi connectivity index (χ0n) is 21.1. The third-order valence-corrected chi connectivity index (χ3v) is 5.89. The number of rotatable bonds is 11. The number of nitrogens with zero attached hydrogens (tertiary/aromatic N) is 2. The highest BCUT2D eigenvalue weighted by Crippen LogP contribution is 2.17. The Labute approximate surface area is 216 Å². The van der Waals surface area contributed by atoms with Gasteiger partial charge < -0.3 is 28.7 Å². The third-order valence-electron chi connectivity index (χ3n) is 5.89. The molecule has 0 aliphatic heterocycles. The number of aryl methyl sites for hydroxylation is 1. The molecule has 192 valence electrons. The van der Waals surface area contributed by atoms with E-state index in [0.717, 1.165) is 11.3 Å².